The van der Waals surface area contributed by atoms with Gasteiger partial charge in [-0.25, -0.2) is 4.79 Å². The fourth-order valence-electron chi connectivity index (χ4n) is 5.36. The molecule has 4 aliphatic rings. The molecule has 3 aliphatic heterocycles. The number of carboxylic acid groups (broad SMARTS) is 1. The maximum Gasteiger partial charge on any atom is 0.402 e. The van der Waals surface area contributed by atoms with Gasteiger partial charge < -0.3 is 40.6 Å². The molecule has 35 heavy (non-hydrogen) atoms. The third-order valence-electron chi connectivity index (χ3n) is 6.80. The number of hydrogen-bond donors (Lipinski definition) is 5. The van der Waals surface area contributed by atoms with Crippen LogP contribution < -0.4 is 16.4 Å². The van der Waals surface area contributed by atoms with Gasteiger partial charge in [-0.05, 0) is 25.1 Å². The van der Waals surface area contributed by atoms with Crippen LogP contribution in [0.25, 0.3) is 11.1 Å². The van der Waals surface area contributed by atoms with Gasteiger partial charge in [0.05, 0.1) is 30.0 Å². The molecule has 1 aromatic carbocycles. The molecule has 0 radical (unpaired) electrons. The van der Waals surface area contributed by atoms with E-state index in [4.69, 9.17) is 30.7 Å². The van der Waals surface area contributed by atoms with E-state index >= 15 is 0 Å². The maximum absolute atomic E-state index is 13.6. The third kappa shape index (κ3) is 3.32. The van der Waals surface area contributed by atoms with Crippen LogP contribution in [-0.4, -0.2) is 75.8 Å². The molecule has 0 saturated carbocycles. The number of amides is 1. The quantitative estimate of drug-likeness (QED) is 0.293. The number of halogens is 1. The number of primary amides is 1. The van der Waals surface area contributed by atoms with Crippen LogP contribution in [0.4, 0.5) is 10.8 Å². The van der Waals surface area contributed by atoms with Crippen LogP contribution in [0.1, 0.15) is 6.92 Å². The number of aromatic nitrogens is 1. The number of allylic oxidation sites excluding steroid dienone is 2. The average Bonchev–Trinajstić information content (AvgIpc) is 3.21. The Hall–Kier alpha value is -3.45. The number of carbonyl (C=O) groups is 3. The molecule has 4 unspecified atom stereocenters. The van der Waals surface area contributed by atoms with E-state index in [1.807, 2.05) is 4.90 Å². The molecular formula is C22H22ClN5O7. The Morgan fingerprint density at radius 1 is 1.43 bits per heavy atom. The fraction of sp³-hybridized carbons (Fsp3) is 0.364. The predicted octanol–water partition coefficient (Wildman–Crippen LogP) is 0.817. The number of anilines is 1. The topological polar surface area (TPSA) is 190 Å². The first-order valence-electron chi connectivity index (χ1n) is 10.7. The number of methoxy groups -OCH3 is 1. The van der Waals surface area contributed by atoms with Gasteiger partial charge in [0, 0.05) is 35.9 Å². The first-order chi connectivity index (χ1) is 16.6. The number of hydrogen-bond acceptors (Lipinski definition) is 10. The van der Waals surface area contributed by atoms with E-state index in [9.17, 15) is 14.7 Å². The van der Waals surface area contributed by atoms with Gasteiger partial charge in [0.1, 0.15) is 5.52 Å². The molecule has 4 atom stereocenters. The van der Waals surface area contributed by atoms with Crippen LogP contribution in [0, 0.1) is 5.92 Å². The van der Waals surface area contributed by atoms with E-state index in [2.05, 4.69) is 21.4 Å². The van der Waals surface area contributed by atoms with Crippen molar-refractivity contribution >= 4 is 46.4 Å². The van der Waals surface area contributed by atoms with Crippen LogP contribution in [0.3, 0.4) is 0 Å². The number of oxazole rings is 1. The van der Waals surface area contributed by atoms with Gasteiger partial charge in [-0.1, -0.05) is 11.6 Å². The largest absolute Gasteiger partial charge is 0.465 e. The summed E-state index contributed by atoms with van der Waals surface area (Å²) < 4.78 is 11.6. The van der Waals surface area contributed by atoms with E-state index in [0.717, 1.165) is 0 Å². The number of Topliss-reactive ketones (excluding diaryl/α,β-unsaturated/α-hetero) is 2. The second-order valence-electron chi connectivity index (χ2n) is 8.57. The zero-order valence-electron chi connectivity index (χ0n) is 18.7. The zero-order chi connectivity index (χ0) is 25.2. The van der Waals surface area contributed by atoms with E-state index in [1.54, 1.807) is 32.2 Å². The highest BCUT2D eigenvalue weighted by Crippen LogP contribution is 2.55. The van der Waals surface area contributed by atoms with Crippen molar-refractivity contribution in [2.45, 2.75) is 24.7 Å². The molecule has 6 rings (SSSR count). The van der Waals surface area contributed by atoms with Gasteiger partial charge in [-0.2, -0.15) is 4.98 Å². The number of benzene rings is 1. The van der Waals surface area contributed by atoms with Crippen LogP contribution in [0.2, 0.25) is 5.02 Å². The summed E-state index contributed by atoms with van der Waals surface area (Å²) in [7, 11) is 1.55. The maximum atomic E-state index is 13.6. The average molecular weight is 504 g/mol. The summed E-state index contributed by atoms with van der Waals surface area (Å²) in [4.78, 5) is 41.9. The number of aliphatic hydroxyl groups excluding tert-OH is 1. The lowest BCUT2D eigenvalue weighted by molar-refractivity contribution is -0.137. The minimum atomic E-state index is -1.33. The summed E-state index contributed by atoms with van der Waals surface area (Å²) in [6.45, 7) is 1.83. The zero-order valence-corrected chi connectivity index (χ0v) is 19.4. The summed E-state index contributed by atoms with van der Waals surface area (Å²) in [6, 6.07) is 5.23. The molecule has 1 aromatic heterocycles. The highest BCUT2D eigenvalue weighted by Gasteiger charge is 2.72. The summed E-state index contributed by atoms with van der Waals surface area (Å²) in [5.74, 6) is -1.29. The van der Waals surface area contributed by atoms with E-state index in [0.29, 0.717) is 28.4 Å². The van der Waals surface area contributed by atoms with Crippen molar-refractivity contribution in [3.8, 4) is 0 Å². The predicted molar refractivity (Wildman–Crippen MR) is 122 cm³/mol. The molecule has 0 spiro atoms. The van der Waals surface area contributed by atoms with Crippen molar-refractivity contribution in [2.24, 2.45) is 11.7 Å². The van der Waals surface area contributed by atoms with Crippen molar-refractivity contribution in [3.05, 3.63) is 45.8 Å². The molecule has 12 nitrogen and oxygen atoms in total. The SMILES string of the molecule is COC12C(CO)C3=C(C(=O)C(C)=C(Nc4nc5cc(Cl)ccc5o4)C3=O)N1CC1NC12.NC(=O)O. The Morgan fingerprint density at radius 2 is 2.14 bits per heavy atom. The lowest BCUT2D eigenvalue weighted by atomic mass is 9.82. The van der Waals surface area contributed by atoms with Crippen LogP contribution in [0.5, 0.6) is 0 Å². The highest BCUT2D eigenvalue weighted by molar-refractivity contribution is 6.31. The number of carbonyl (C=O) groups excluding carboxylic acids is 2. The van der Waals surface area contributed by atoms with Gasteiger partial charge in [0.25, 0.3) is 6.01 Å². The number of aliphatic hydroxyl groups is 1. The first-order valence-corrected chi connectivity index (χ1v) is 11.1. The molecule has 13 heteroatoms. The van der Waals surface area contributed by atoms with Crippen molar-refractivity contribution < 1.29 is 33.8 Å². The minimum absolute atomic E-state index is 0.0423. The molecule has 1 aliphatic carbocycles. The molecule has 2 fully saturated rings. The van der Waals surface area contributed by atoms with E-state index < -0.39 is 17.7 Å². The third-order valence-corrected chi connectivity index (χ3v) is 7.03. The van der Waals surface area contributed by atoms with Gasteiger partial charge in [0.2, 0.25) is 11.6 Å². The lowest BCUT2D eigenvalue weighted by Gasteiger charge is -2.39. The summed E-state index contributed by atoms with van der Waals surface area (Å²) in [6.07, 6.45) is -1.33. The van der Waals surface area contributed by atoms with Crippen molar-refractivity contribution in [1.82, 2.24) is 15.2 Å². The van der Waals surface area contributed by atoms with Crippen molar-refractivity contribution in [1.29, 1.82) is 0 Å². The number of nitrogens with one attached hydrogen (secondary N) is 2. The molecule has 6 N–H and O–H groups in total. The molecule has 4 heterocycles. The van der Waals surface area contributed by atoms with Gasteiger partial charge >= 0.3 is 6.09 Å². The van der Waals surface area contributed by atoms with E-state index in [1.165, 1.54) is 0 Å². The molecule has 2 saturated heterocycles. The Morgan fingerprint density at radius 3 is 2.80 bits per heavy atom. The first kappa shape index (κ1) is 23.3. The van der Waals surface area contributed by atoms with Crippen LogP contribution >= 0.6 is 11.6 Å². The lowest BCUT2D eigenvalue weighted by Crippen LogP contribution is -2.54. The summed E-state index contributed by atoms with van der Waals surface area (Å²) >= 11 is 6.01. The number of nitrogens with two attached hydrogens (primary N) is 1. The van der Waals surface area contributed by atoms with Crippen LogP contribution in [-0.2, 0) is 14.3 Å². The number of ketones is 2. The summed E-state index contributed by atoms with van der Waals surface area (Å²) in [5.41, 5.74) is 5.06. The molecule has 0 bridgehead atoms. The molecule has 2 aromatic rings. The minimum Gasteiger partial charge on any atom is -0.465 e. The van der Waals surface area contributed by atoms with E-state index in [-0.39, 0.29) is 53.1 Å². The smallest absolute Gasteiger partial charge is 0.402 e. The Balaban J connectivity index is 0.000000591. The molecule has 184 valence electrons. The second-order valence-corrected chi connectivity index (χ2v) is 9.00. The van der Waals surface area contributed by atoms with Crippen molar-refractivity contribution in [3.63, 3.8) is 0 Å². The normalized spacial score (nSPS) is 28.6. The monoisotopic (exact) mass is 503 g/mol. The molecular weight excluding hydrogens is 482 g/mol. The highest BCUT2D eigenvalue weighted by atomic mass is 35.5. The number of rotatable bonds is 4. The van der Waals surface area contributed by atoms with Crippen LogP contribution in [0.15, 0.2) is 45.2 Å². The molecule has 1 amide bonds. The number of ether oxygens (including phenoxy) is 1. The summed E-state index contributed by atoms with van der Waals surface area (Å²) in [5, 5.41) is 24.2. The van der Waals surface area contributed by atoms with Gasteiger partial charge in [-0.3, -0.25) is 9.59 Å². The Bertz CT molecular complexity index is 1350. The fourth-order valence-corrected chi connectivity index (χ4v) is 5.52. The Labute approximate surface area is 203 Å². The van der Waals surface area contributed by atoms with Crippen molar-refractivity contribution in [2.75, 3.05) is 25.6 Å². The second kappa shape index (κ2) is 8.05. The van der Waals surface area contributed by atoms with Gasteiger partial charge in [-0.15, -0.1) is 0 Å². The number of fused-ring (bicyclic) bond motifs is 5. The standard InChI is InChI=1S/C21H19ClN4O5.CH3NO2/c1-8-15(25-20-24-11-5-9(22)3-4-13(11)31-20)18(29)14-10(7-27)21(30-2)19-12(23-19)6-26(21)16(14)17(8)28;2-1(3)4/h3-5,10,12,19,23,27H,6-7H2,1-2H3,(H,24,25);2H2,(H,3,4). The number of nitrogens with zero attached hydrogens (tertiary/aromatic N) is 2. The number of piperazine rings is 1. The van der Waals surface area contributed by atoms with Gasteiger partial charge in [0.15, 0.2) is 11.3 Å². The Kier molecular flexibility index (Phi) is 5.36.